The second kappa shape index (κ2) is 11.0. The van der Waals surface area contributed by atoms with Gasteiger partial charge in [0.2, 0.25) is 5.95 Å². The molecule has 1 saturated carbocycles. The molecule has 1 aliphatic rings. The molecule has 8 heteroatoms. The van der Waals surface area contributed by atoms with Gasteiger partial charge in [0, 0.05) is 19.2 Å². The summed E-state index contributed by atoms with van der Waals surface area (Å²) in [7, 11) is 0. The minimum absolute atomic E-state index is 0.202. The second-order valence-corrected chi connectivity index (χ2v) is 10.6. The van der Waals surface area contributed by atoms with Gasteiger partial charge in [-0.15, -0.1) is 11.3 Å². The lowest BCUT2D eigenvalue weighted by Crippen LogP contribution is -2.25. The standard InChI is InChI=1S/C25H34ClN5OS/c1-4-5-6-9-12-27-25-30-22(26)21(24-29-18-10-7-8-11-20(18)33-24)23(31-25)28-19-13-17(14-32)15(2)16(19)3/h7-8,10-11,15-17,19,32H,4-6,9,12-14H2,1-3H3,(H2,27,28,30,31)/t15-,16+,17+,19+/m0/s1. The third-order valence-corrected chi connectivity index (χ3v) is 8.33. The largest absolute Gasteiger partial charge is 0.396 e. The first-order valence-corrected chi connectivity index (χ1v) is 13.3. The number of nitrogens with one attached hydrogen (secondary N) is 2. The Kier molecular flexibility index (Phi) is 8.04. The molecule has 3 N–H and O–H groups in total. The fourth-order valence-electron chi connectivity index (χ4n) is 4.70. The third-order valence-electron chi connectivity index (χ3n) is 7.01. The van der Waals surface area contributed by atoms with Crippen LogP contribution in [0, 0.1) is 17.8 Å². The van der Waals surface area contributed by atoms with Crippen LogP contribution in [0.25, 0.3) is 20.8 Å². The van der Waals surface area contributed by atoms with E-state index in [0.29, 0.717) is 28.8 Å². The van der Waals surface area contributed by atoms with Crippen molar-refractivity contribution in [2.75, 3.05) is 23.8 Å². The maximum Gasteiger partial charge on any atom is 0.226 e. The highest BCUT2D eigenvalue weighted by molar-refractivity contribution is 7.21. The molecule has 1 aliphatic carbocycles. The number of benzene rings is 1. The third kappa shape index (κ3) is 5.42. The molecule has 6 nitrogen and oxygen atoms in total. The van der Waals surface area contributed by atoms with E-state index < -0.39 is 0 Å². The number of aliphatic hydroxyl groups is 1. The summed E-state index contributed by atoms with van der Waals surface area (Å²) < 4.78 is 1.11. The van der Waals surface area contributed by atoms with E-state index >= 15 is 0 Å². The fraction of sp³-hybridized carbons (Fsp3) is 0.560. The zero-order chi connectivity index (χ0) is 23.4. The predicted octanol–water partition coefficient (Wildman–Crippen LogP) is 6.46. The number of hydrogen-bond donors (Lipinski definition) is 3. The highest BCUT2D eigenvalue weighted by Gasteiger charge is 2.38. The monoisotopic (exact) mass is 487 g/mol. The van der Waals surface area contributed by atoms with Crippen molar-refractivity contribution in [3.63, 3.8) is 0 Å². The van der Waals surface area contributed by atoms with Crippen LogP contribution in [0.15, 0.2) is 24.3 Å². The first-order valence-electron chi connectivity index (χ1n) is 12.1. The van der Waals surface area contributed by atoms with Gasteiger partial charge in [0.05, 0.1) is 15.8 Å². The Balaban J connectivity index is 1.65. The van der Waals surface area contributed by atoms with Gasteiger partial charge in [0.15, 0.2) is 0 Å². The van der Waals surface area contributed by atoms with Gasteiger partial charge in [0.25, 0.3) is 0 Å². The number of unbranched alkanes of at least 4 members (excludes halogenated alkanes) is 3. The quantitative estimate of drug-likeness (QED) is 0.225. The SMILES string of the molecule is CCCCCCNc1nc(Cl)c(-c2nc3ccccc3s2)c(N[C@@H]2C[C@H](CO)[C@@H](C)[C@H]2C)n1. The summed E-state index contributed by atoms with van der Waals surface area (Å²) in [5.41, 5.74) is 1.70. The Morgan fingerprint density at radius 3 is 2.64 bits per heavy atom. The molecular weight excluding hydrogens is 454 g/mol. The van der Waals surface area contributed by atoms with Gasteiger partial charge in [-0.3, -0.25) is 0 Å². The maximum absolute atomic E-state index is 9.81. The molecule has 0 radical (unpaired) electrons. The van der Waals surface area contributed by atoms with Gasteiger partial charge in [-0.05, 0) is 42.7 Å². The van der Waals surface area contributed by atoms with Crippen LogP contribution in [0.4, 0.5) is 11.8 Å². The van der Waals surface area contributed by atoms with Crippen molar-refractivity contribution in [3.05, 3.63) is 29.4 Å². The molecule has 4 atom stereocenters. The van der Waals surface area contributed by atoms with Crippen LogP contribution in [0.3, 0.4) is 0 Å². The van der Waals surface area contributed by atoms with E-state index in [-0.39, 0.29) is 18.6 Å². The van der Waals surface area contributed by atoms with Crippen LogP contribution in [-0.2, 0) is 0 Å². The van der Waals surface area contributed by atoms with Crippen LogP contribution in [0.1, 0.15) is 52.9 Å². The van der Waals surface area contributed by atoms with Crippen molar-refractivity contribution in [1.29, 1.82) is 0 Å². The molecule has 33 heavy (non-hydrogen) atoms. The van der Waals surface area contributed by atoms with Crippen LogP contribution in [0.5, 0.6) is 0 Å². The smallest absolute Gasteiger partial charge is 0.226 e. The van der Waals surface area contributed by atoms with E-state index in [9.17, 15) is 5.11 Å². The van der Waals surface area contributed by atoms with Gasteiger partial charge < -0.3 is 15.7 Å². The molecule has 2 heterocycles. The molecule has 1 fully saturated rings. The van der Waals surface area contributed by atoms with Crippen molar-refractivity contribution < 1.29 is 5.11 Å². The highest BCUT2D eigenvalue weighted by atomic mass is 35.5. The topological polar surface area (TPSA) is 83.0 Å². The average Bonchev–Trinajstić information content (AvgIpc) is 3.34. The van der Waals surface area contributed by atoms with Gasteiger partial charge in [-0.25, -0.2) is 9.97 Å². The Labute approximate surface area is 205 Å². The Morgan fingerprint density at radius 2 is 1.91 bits per heavy atom. The molecule has 178 valence electrons. The summed E-state index contributed by atoms with van der Waals surface area (Å²) in [6.07, 6.45) is 5.61. The van der Waals surface area contributed by atoms with Crippen molar-refractivity contribution in [1.82, 2.24) is 15.0 Å². The van der Waals surface area contributed by atoms with Gasteiger partial charge in [-0.1, -0.05) is 63.8 Å². The summed E-state index contributed by atoms with van der Waals surface area (Å²) >= 11 is 8.36. The van der Waals surface area contributed by atoms with E-state index in [1.54, 1.807) is 11.3 Å². The molecule has 3 aromatic rings. The Bertz CT molecular complexity index is 1040. The number of halogens is 1. The molecule has 0 spiro atoms. The molecular formula is C25H34ClN5OS. The number of para-hydroxylation sites is 1. The van der Waals surface area contributed by atoms with Gasteiger partial charge >= 0.3 is 0 Å². The van der Waals surface area contributed by atoms with Crippen molar-refractivity contribution >= 4 is 44.9 Å². The van der Waals surface area contributed by atoms with Gasteiger partial charge in [0.1, 0.15) is 16.0 Å². The lowest BCUT2D eigenvalue weighted by molar-refractivity contribution is 0.191. The number of aliphatic hydroxyl groups excluding tert-OH is 1. The Hall–Kier alpha value is -1.96. The maximum atomic E-state index is 9.81. The molecule has 4 rings (SSSR count). The van der Waals surface area contributed by atoms with Crippen LogP contribution in [-0.4, -0.2) is 39.3 Å². The number of anilines is 2. The minimum atomic E-state index is 0.202. The molecule has 1 aromatic carbocycles. The number of rotatable bonds is 10. The van der Waals surface area contributed by atoms with Crippen molar-refractivity contribution in [2.24, 2.45) is 17.8 Å². The molecule has 0 amide bonds. The summed E-state index contributed by atoms with van der Waals surface area (Å²) in [6.45, 7) is 7.70. The van der Waals surface area contributed by atoms with E-state index in [2.05, 4.69) is 42.5 Å². The molecule has 0 saturated heterocycles. The first kappa shape index (κ1) is 24.2. The summed E-state index contributed by atoms with van der Waals surface area (Å²) in [5.74, 6) is 2.39. The van der Waals surface area contributed by atoms with E-state index in [1.165, 1.54) is 19.3 Å². The predicted molar refractivity (Wildman–Crippen MR) is 139 cm³/mol. The summed E-state index contributed by atoms with van der Waals surface area (Å²) in [4.78, 5) is 14.2. The van der Waals surface area contributed by atoms with E-state index in [4.69, 9.17) is 21.6 Å². The number of aromatic nitrogens is 3. The molecule has 2 aromatic heterocycles. The average molecular weight is 488 g/mol. The molecule has 0 aliphatic heterocycles. The van der Waals surface area contributed by atoms with E-state index in [0.717, 1.165) is 40.2 Å². The number of hydrogen-bond acceptors (Lipinski definition) is 7. The minimum Gasteiger partial charge on any atom is -0.396 e. The zero-order valence-electron chi connectivity index (χ0n) is 19.6. The summed E-state index contributed by atoms with van der Waals surface area (Å²) in [6, 6.07) is 8.29. The molecule has 0 unspecified atom stereocenters. The van der Waals surface area contributed by atoms with Crippen LogP contribution < -0.4 is 10.6 Å². The number of fused-ring (bicyclic) bond motifs is 1. The van der Waals surface area contributed by atoms with Gasteiger partial charge in [-0.2, -0.15) is 4.98 Å². The second-order valence-electron chi connectivity index (χ2n) is 9.18. The van der Waals surface area contributed by atoms with Crippen molar-refractivity contribution in [3.8, 4) is 10.6 Å². The molecule has 0 bridgehead atoms. The number of nitrogens with zero attached hydrogens (tertiary/aromatic N) is 3. The lowest BCUT2D eigenvalue weighted by Gasteiger charge is -2.22. The first-order chi connectivity index (χ1) is 16.0. The zero-order valence-corrected chi connectivity index (χ0v) is 21.2. The lowest BCUT2D eigenvalue weighted by atomic mass is 9.92. The highest BCUT2D eigenvalue weighted by Crippen LogP contribution is 2.42. The van der Waals surface area contributed by atoms with Crippen molar-refractivity contribution in [2.45, 2.75) is 58.9 Å². The summed E-state index contributed by atoms with van der Waals surface area (Å²) in [5, 5.41) is 18.0. The van der Waals surface area contributed by atoms with Crippen LogP contribution >= 0.6 is 22.9 Å². The number of thiazole rings is 1. The normalized spacial score (nSPS) is 22.7. The van der Waals surface area contributed by atoms with Crippen LogP contribution in [0.2, 0.25) is 5.15 Å². The fourth-order valence-corrected chi connectivity index (χ4v) is 6.02. The Morgan fingerprint density at radius 1 is 1.09 bits per heavy atom. The van der Waals surface area contributed by atoms with E-state index in [1.807, 2.05) is 18.2 Å².